The summed E-state index contributed by atoms with van der Waals surface area (Å²) in [5, 5.41) is 0. The van der Waals surface area contributed by atoms with Crippen LogP contribution in [0.1, 0.15) is 13.3 Å². The molecule has 0 spiro atoms. The average molecular weight is 204 g/mol. The van der Waals surface area contributed by atoms with E-state index in [1.165, 1.54) is 6.92 Å². The molecule has 3 atom stereocenters. The van der Waals surface area contributed by atoms with E-state index in [0.29, 0.717) is 13.0 Å². The van der Waals surface area contributed by atoms with E-state index in [9.17, 15) is 4.79 Å². The van der Waals surface area contributed by atoms with Gasteiger partial charge in [-0.2, -0.15) is 0 Å². The van der Waals surface area contributed by atoms with E-state index in [4.69, 9.17) is 18.9 Å². The second kappa shape index (κ2) is 5.29. The summed E-state index contributed by atoms with van der Waals surface area (Å²) in [5.41, 5.74) is 0. The number of hydrogen-bond donors (Lipinski definition) is 0. The molecule has 14 heavy (non-hydrogen) atoms. The molecule has 1 heterocycles. The maximum Gasteiger partial charge on any atom is 0.302 e. The average Bonchev–Trinajstić information content (AvgIpc) is 2.57. The standard InChI is InChI=1S/C9H16O5/c1-6(10)13-5-7-4-8(11-2)14-9(7)12-3/h7-9H,4-5H2,1-3H3. The van der Waals surface area contributed by atoms with Crippen molar-refractivity contribution in [2.75, 3.05) is 20.8 Å². The van der Waals surface area contributed by atoms with Crippen molar-refractivity contribution in [3.05, 3.63) is 0 Å². The molecular weight excluding hydrogens is 188 g/mol. The van der Waals surface area contributed by atoms with Gasteiger partial charge < -0.3 is 18.9 Å². The first-order chi connectivity index (χ1) is 6.67. The lowest BCUT2D eigenvalue weighted by atomic mass is 10.1. The van der Waals surface area contributed by atoms with Gasteiger partial charge >= 0.3 is 5.97 Å². The zero-order valence-corrected chi connectivity index (χ0v) is 8.69. The fraction of sp³-hybridized carbons (Fsp3) is 0.889. The van der Waals surface area contributed by atoms with E-state index >= 15 is 0 Å². The first-order valence-electron chi connectivity index (χ1n) is 4.51. The monoisotopic (exact) mass is 204 g/mol. The van der Waals surface area contributed by atoms with Crippen LogP contribution in [0.15, 0.2) is 0 Å². The highest BCUT2D eigenvalue weighted by Gasteiger charge is 2.36. The smallest absolute Gasteiger partial charge is 0.302 e. The summed E-state index contributed by atoms with van der Waals surface area (Å²) in [5.74, 6) is -0.241. The van der Waals surface area contributed by atoms with E-state index in [2.05, 4.69) is 0 Å². The summed E-state index contributed by atoms with van der Waals surface area (Å²) in [7, 11) is 3.13. The molecule has 1 saturated heterocycles. The minimum absolute atomic E-state index is 0.0499. The SMILES string of the molecule is COC1CC(COC(C)=O)C(OC)O1. The maximum atomic E-state index is 10.6. The lowest BCUT2D eigenvalue weighted by Crippen LogP contribution is -2.23. The Hall–Kier alpha value is -0.650. The van der Waals surface area contributed by atoms with Crippen LogP contribution < -0.4 is 0 Å². The Morgan fingerprint density at radius 2 is 2.14 bits per heavy atom. The molecule has 5 nitrogen and oxygen atoms in total. The number of rotatable bonds is 4. The molecule has 1 aliphatic heterocycles. The van der Waals surface area contributed by atoms with Crippen LogP contribution in [0.2, 0.25) is 0 Å². The van der Waals surface area contributed by atoms with Crippen LogP contribution in [-0.2, 0) is 23.7 Å². The van der Waals surface area contributed by atoms with Gasteiger partial charge in [0.05, 0.1) is 6.61 Å². The van der Waals surface area contributed by atoms with Gasteiger partial charge in [0.25, 0.3) is 0 Å². The van der Waals surface area contributed by atoms with Gasteiger partial charge in [0.15, 0.2) is 12.6 Å². The number of ether oxygens (including phenoxy) is 4. The predicted molar refractivity (Wildman–Crippen MR) is 47.4 cm³/mol. The molecule has 82 valence electrons. The van der Waals surface area contributed by atoms with Crippen molar-refractivity contribution < 1.29 is 23.7 Å². The molecule has 0 bridgehead atoms. The first-order valence-corrected chi connectivity index (χ1v) is 4.51. The van der Waals surface area contributed by atoms with Gasteiger partial charge in [-0.15, -0.1) is 0 Å². The van der Waals surface area contributed by atoms with Crippen LogP contribution >= 0.6 is 0 Å². The zero-order valence-electron chi connectivity index (χ0n) is 8.69. The number of hydrogen-bond acceptors (Lipinski definition) is 5. The third-order valence-corrected chi connectivity index (χ3v) is 2.16. The van der Waals surface area contributed by atoms with Gasteiger partial charge in [0.1, 0.15) is 0 Å². The quantitative estimate of drug-likeness (QED) is 0.625. The van der Waals surface area contributed by atoms with Crippen LogP contribution in [-0.4, -0.2) is 39.4 Å². The van der Waals surface area contributed by atoms with Gasteiger partial charge in [-0.3, -0.25) is 4.79 Å². The molecule has 0 aromatic heterocycles. The lowest BCUT2D eigenvalue weighted by molar-refractivity contribution is -0.195. The molecule has 0 amide bonds. The molecule has 1 rings (SSSR count). The van der Waals surface area contributed by atoms with Crippen molar-refractivity contribution in [2.45, 2.75) is 25.9 Å². The predicted octanol–water partition coefficient (Wildman–Crippen LogP) is 0.531. The van der Waals surface area contributed by atoms with Crippen LogP contribution in [0.4, 0.5) is 0 Å². The molecule has 0 saturated carbocycles. The molecule has 0 aliphatic carbocycles. The molecule has 0 N–H and O–H groups in total. The normalized spacial score (nSPS) is 31.8. The van der Waals surface area contributed by atoms with Crippen LogP contribution in [0.3, 0.4) is 0 Å². The molecular formula is C9H16O5. The van der Waals surface area contributed by atoms with Gasteiger partial charge in [0.2, 0.25) is 0 Å². The van der Waals surface area contributed by atoms with E-state index in [1.807, 2.05) is 0 Å². The Labute approximate surface area is 83.3 Å². The zero-order chi connectivity index (χ0) is 10.6. The van der Waals surface area contributed by atoms with Crippen molar-refractivity contribution in [3.63, 3.8) is 0 Å². The Morgan fingerprint density at radius 1 is 1.43 bits per heavy atom. The fourth-order valence-electron chi connectivity index (χ4n) is 1.45. The lowest BCUT2D eigenvalue weighted by Gasteiger charge is -2.15. The summed E-state index contributed by atoms with van der Waals surface area (Å²) in [6.07, 6.45) is 0.0715. The van der Waals surface area contributed by atoms with Crippen molar-refractivity contribution >= 4 is 5.97 Å². The summed E-state index contributed by atoms with van der Waals surface area (Å²) >= 11 is 0. The van der Waals surface area contributed by atoms with Gasteiger partial charge in [0, 0.05) is 33.5 Å². The Kier molecular flexibility index (Phi) is 4.31. The summed E-state index contributed by atoms with van der Waals surface area (Å²) in [4.78, 5) is 10.6. The molecule has 0 aromatic carbocycles. The van der Waals surface area contributed by atoms with Crippen molar-refractivity contribution in [2.24, 2.45) is 5.92 Å². The van der Waals surface area contributed by atoms with Gasteiger partial charge in [-0.05, 0) is 0 Å². The van der Waals surface area contributed by atoms with Crippen molar-refractivity contribution in [3.8, 4) is 0 Å². The van der Waals surface area contributed by atoms with E-state index in [1.54, 1.807) is 14.2 Å². The second-order valence-electron chi connectivity index (χ2n) is 3.20. The third kappa shape index (κ3) is 2.94. The topological polar surface area (TPSA) is 54.0 Å². The summed E-state index contributed by atoms with van der Waals surface area (Å²) < 4.78 is 20.4. The van der Waals surface area contributed by atoms with E-state index < -0.39 is 0 Å². The molecule has 3 unspecified atom stereocenters. The molecule has 0 radical (unpaired) electrons. The van der Waals surface area contributed by atoms with E-state index in [-0.39, 0.29) is 24.5 Å². The van der Waals surface area contributed by atoms with Crippen molar-refractivity contribution in [1.29, 1.82) is 0 Å². The van der Waals surface area contributed by atoms with E-state index in [0.717, 1.165) is 0 Å². The Balaban J connectivity index is 2.38. The molecule has 1 aliphatic rings. The fourth-order valence-corrected chi connectivity index (χ4v) is 1.45. The minimum atomic E-state index is -0.348. The highest BCUT2D eigenvalue weighted by atomic mass is 16.8. The van der Waals surface area contributed by atoms with Crippen LogP contribution in [0, 0.1) is 5.92 Å². The summed E-state index contributed by atoms with van der Waals surface area (Å²) in [6.45, 7) is 1.69. The highest BCUT2D eigenvalue weighted by molar-refractivity contribution is 5.65. The molecule has 0 aromatic rings. The largest absolute Gasteiger partial charge is 0.465 e. The first kappa shape index (κ1) is 11.4. The molecule has 5 heteroatoms. The van der Waals surface area contributed by atoms with Gasteiger partial charge in [-0.1, -0.05) is 0 Å². The number of carbonyl (C=O) groups excluding carboxylic acids is 1. The van der Waals surface area contributed by atoms with Gasteiger partial charge in [-0.25, -0.2) is 0 Å². The van der Waals surface area contributed by atoms with Crippen LogP contribution in [0.25, 0.3) is 0 Å². The maximum absolute atomic E-state index is 10.6. The van der Waals surface area contributed by atoms with Crippen LogP contribution in [0.5, 0.6) is 0 Å². The molecule has 1 fully saturated rings. The Morgan fingerprint density at radius 3 is 2.64 bits per heavy atom. The third-order valence-electron chi connectivity index (χ3n) is 2.16. The highest BCUT2D eigenvalue weighted by Crippen LogP contribution is 2.27. The second-order valence-corrected chi connectivity index (χ2v) is 3.20. The van der Waals surface area contributed by atoms with Crippen molar-refractivity contribution in [1.82, 2.24) is 0 Å². The summed E-state index contributed by atoms with van der Waals surface area (Å²) in [6, 6.07) is 0. The minimum Gasteiger partial charge on any atom is -0.465 e. The number of carbonyl (C=O) groups is 1. The number of esters is 1. The Bertz CT molecular complexity index is 194. The number of methoxy groups -OCH3 is 2.